The first kappa shape index (κ1) is 12.2. The standard InChI is InChI=1S/C10H13NO2S2/c1-10(2,3)7-6-8-4-5-9(14-8)15(11,12)13/h4-5H,1-3H3,(H2,11,12,13). The van der Waals surface area contributed by atoms with Crippen LogP contribution < -0.4 is 5.14 Å². The molecule has 0 amide bonds. The number of nitrogens with two attached hydrogens (primary N) is 1. The Labute approximate surface area is 94.4 Å². The molecule has 0 radical (unpaired) electrons. The molecule has 1 heterocycles. The second-order valence-electron chi connectivity index (χ2n) is 4.16. The van der Waals surface area contributed by atoms with Gasteiger partial charge in [-0.15, -0.1) is 11.3 Å². The van der Waals surface area contributed by atoms with Gasteiger partial charge in [-0.1, -0.05) is 11.8 Å². The zero-order valence-electron chi connectivity index (χ0n) is 8.87. The third-order valence-electron chi connectivity index (χ3n) is 1.42. The van der Waals surface area contributed by atoms with Crippen molar-refractivity contribution in [3.8, 4) is 11.8 Å². The molecular formula is C10H13NO2S2. The topological polar surface area (TPSA) is 60.2 Å². The molecule has 0 saturated heterocycles. The highest BCUT2D eigenvalue weighted by Crippen LogP contribution is 2.20. The molecule has 0 aliphatic rings. The first-order valence-corrected chi connectivity index (χ1v) is 6.70. The minimum absolute atomic E-state index is 0.0915. The Morgan fingerprint density at radius 1 is 1.33 bits per heavy atom. The summed E-state index contributed by atoms with van der Waals surface area (Å²) in [6, 6.07) is 3.15. The average molecular weight is 243 g/mol. The maximum atomic E-state index is 11.0. The molecule has 1 aromatic rings. The van der Waals surface area contributed by atoms with E-state index in [2.05, 4.69) is 11.8 Å². The first-order valence-electron chi connectivity index (χ1n) is 4.34. The van der Waals surface area contributed by atoms with Crippen LogP contribution >= 0.6 is 11.3 Å². The Morgan fingerprint density at radius 3 is 2.33 bits per heavy atom. The molecule has 1 aromatic heterocycles. The van der Waals surface area contributed by atoms with E-state index in [9.17, 15) is 8.42 Å². The van der Waals surface area contributed by atoms with Gasteiger partial charge >= 0.3 is 0 Å². The molecule has 0 spiro atoms. The van der Waals surface area contributed by atoms with Crippen LogP contribution in [0.5, 0.6) is 0 Å². The third kappa shape index (κ3) is 4.04. The van der Waals surface area contributed by atoms with Gasteiger partial charge in [0, 0.05) is 5.41 Å². The second-order valence-corrected chi connectivity index (χ2v) is 7.04. The van der Waals surface area contributed by atoms with Crippen molar-refractivity contribution in [1.29, 1.82) is 0 Å². The molecule has 0 aliphatic carbocycles. The fourth-order valence-corrected chi connectivity index (χ4v) is 2.37. The van der Waals surface area contributed by atoms with Gasteiger partial charge in [-0.05, 0) is 32.9 Å². The molecule has 5 heteroatoms. The molecule has 82 valence electrons. The van der Waals surface area contributed by atoms with Crippen LogP contribution in [-0.4, -0.2) is 8.42 Å². The summed E-state index contributed by atoms with van der Waals surface area (Å²) in [5.74, 6) is 5.95. The molecule has 0 saturated carbocycles. The van der Waals surface area contributed by atoms with Crippen molar-refractivity contribution in [1.82, 2.24) is 0 Å². The molecular weight excluding hydrogens is 230 g/mol. The van der Waals surface area contributed by atoms with Crippen LogP contribution in [0.2, 0.25) is 0 Å². The van der Waals surface area contributed by atoms with Gasteiger partial charge in [-0.2, -0.15) is 0 Å². The highest BCUT2D eigenvalue weighted by molar-refractivity contribution is 7.91. The molecule has 3 nitrogen and oxygen atoms in total. The van der Waals surface area contributed by atoms with Crippen LogP contribution in [0.15, 0.2) is 16.3 Å². The minimum Gasteiger partial charge on any atom is -0.224 e. The Hall–Kier alpha value is -0.830. The van der Waals surface area contributed by atoms with E-state index < -0.39 is 10.0 Å². The number of primary sulfonamides is 1. The highest BCUT2D eigenvalue weighted by atomic mass is 32.2. The Morgan fingerprint density at radius 2 is 1.93 bits per heavy atom. The quantitative estimate of drug-likeness (QED) is 0.764. The van der Waals surface area contributed by atoms with E-state index in [1.165, 1.54) is 6.07 Å². The van der Waals surface area contributed by atoms with Crippen LogP contribution in [0.1, 0.15) is 25.6 Å². The second kappa shape index (κ2) is 3.97. The molecule has 0 aliphatic heterocycles. The normalized spacial score (nSPS) is 12.0. The van der Waals surface area contributed by atoms with E-state index in [1.807, 2.05) is 20.8 Å². The summed E-state index contributed by atoms with van der Waals surface area (Å²) >= 11 is 1.09. The minimum atomic E-state index is -3.59. The zero-order valence-corrected chi connectivity index (χ0v) is 10.5. The van der Waals surface area contributed by atoms with Crippen molar-refractivity contribution < 1.29 is 8.42 Å². The van der Waals surface area contributed by atoms with Gasteiger partial charge in [0.1, 0.15) is 4.21 Å². The maximum absolute atomic E-state index is 11.0. The summed E-state index contributed by atoms with van der Waals surface area (Å²) in [5, 5.41) is 4.99. The lowest BCUT2D eigenvalue weighted by Crippen LogP contribution is -2.09. The molecule has 2 N–H and O–H groups in total. The molecule has 0 atom stereocenters. The van der Waals surface area contributed by atoms with Gasteiger partial charge < -0.3 is 0 Å². The predicted octanol–water partition coefficient (Wildman–Crippen LogP) is 1.79. The Balaban J connectivity index is 3.00. The largest absolute Gasteiger partial charge is 0.247 e. The van der Waals surface area contributed by atoms with Gasteiger partial charge in [-0.25, -0.2) is 13.6 Å². The predicted molar refractivity (Wildman–Crippen MR) is 62.0 cm³/mol. The van der Waals surface area contributed by atoms with Crippen LogP contribution in [0.25, 0.3) is 0 Å². The molecule has 15 heavy (non-hydrogen) atoms. The van der Waals surface area contributed by atoms with Crippen molar-refractivity contribution in [3.63, 3.8) is 0 Å². The molecule has 1 rings (SSSR count). The summed E-state index contributed by atoms with van der Waals surface area (Å²) in [5.41, 5.74) is -0.0915. The summed E-state index contributed by atoms with van der Waals surface area (Å²) in [6.45, 7) is 5.98. The fourth-order valence-electron chi connectivity index (χ4n) is 0.789. The lowest BCUT2D eigenvalue weighted by atomic mass is 9.98. The van der Waals surface area contributed by atoms with Gasteiger partial charge in [0.15, 0.2) is 0 Å². The molecule has 0 fully saturated rings. The monoisotopic (exact) mass is 243 g/mol. The molecule has 0 bridgehead atoms. The van der Waals surface area contributed by atoms with Crippen molar-refractivity contribution in [2.75, 3.05) is 0 Å². The van der Waals surface area contributed by atoms with E-state index >= 15 is 0 Å². The summed E-state index contributed by atoms with van der Waals surface area (Å²) in [6.07, 6.45) is 0. The summed E-state index contributed by atoms with van der Waals surface area (Å²) in [7, 11) is -3.59. The number of hydrogen-bond donors (Lipinski definition) is 1. The Bertz CT molecular complexity index is 510. The van der Waals surface area contributed by atoms with E-state index in [-0.39, 0.29) is 9.62 Å². The van der Waals surface area contributed by atoms with Gasteiger partial charge in [0.25, 0.3) is 0 Å². The molecule has 0 unspecified atom stereocenters. The van der Waals surface area contributed by atoms with Crippen LogP contribution in [-0.2, 0) is 10.0 Å². The number of rotatable bonds is 1. The fraction of sp³-hybridized carbons (Fsp3) is 0.400. The van der Waals surface area contributed by atoms with Gasteiger partial charge in [0.05, 0.1) is 4.88 Å². The van der Waals surface area contributed by atoms with Crippen molar-refractivity contribution in [2.24, 2.45) is 10.6 Å². The smallest absolute Gasteiger partial charge is 0.224 e. The summed E-state index contributed by atoms with van der Waals surface area (Å²) in [4.78, 5) is 0.717. The van der Waals surface area contributed by atoms with Crippen LogP contribution in [0, 0.1) is 17.3 Å². The number of sulfonamides is 1. The van der Waals surface area contributed by atoms with Crippen molar-refractivity contribution in [3.05, 3.63) is 17.0 Å². The number of thiophene rings is 1. The first-order chi connectivity index (χ1) is 6.68. The molecule has 0 aromatic carbocycles. The van der Waals surface area contributed by atoms with Gasteiger partial charge in [0.2, 0.25) is 10.0 Å². The van der Waals surface area contributed by atoms with E-state index in [0.29, 0.717) is 4.88 Å². The highest BCUT2D eigenvalue weighted by Gasteiger charge is 2.10. The van der Waals surface area contributed by atoms with Crippen LogP contribution in [0.4, 0.5) is 0 Å². The third-order valence-corrected chi connectivity index (χ3v) is 3.86. The van der Waals surface area contributed by atoms with Crippen molar-refractivity contribution in [2.45, 2.75) is 25.0 Å². The van der Waals surface area contributed by atoms with Gasteiger partial charge in [-0.3, -0.25) is 0 Å². The van der Waals surface area contributed by atoms with E-state index in [1.54, 1.807) is 6.07 Å². The Kier molecular flexibility index (Phi) is 3.24. The van der Waals surface area contributed by atoms with Crippen LogP contribution in [0.3, 0.4) is 0 Å². The van der Waals surface area contributed by atoms with Crippen molar-refractivity contribution >= 4 is 21.4 Å². The van der Waals surface area contributed by atoms with E-state index in [0.717, 1.165) is 11.3 Å². The zero-order chi connectivity index (χ0) is 11.7. The summed E-state index contributed by atoms with van der Waals surface area (Å²) < 4.78 is 22.1. The maximum Gasteiger partial charge on any atom is 0.247 e. The lowest BCUT2D eigenvalue weighted by Gasteiger charge is -2.06. The average Bonchev–Trinajstić information content (AvgIpc) is 2.45. The number of hydrogen-bond acceptors (Lipinski definition) is 3. The van der Waals surface area contributed by atoms with E-state index in [4.69, 9.17) is 5.14 Å². The SMILES string of the molecule is CC(C)(C)C#Cc1ccc(S(N)(=O)=O)s1. The lowest BCUT2D eigenvalue weighted by molar-refractivity contribution is 0.571.